The molecule has 0 saturated carbocycles. The molecule has 2 aromatic rings. The molecule has 4 nitrogen and oxygen atoms in total. The van der Waals surface area contributed by atoms with Gasteiger partial charge in [0.2, 0.25) is 0 Å². The van der Waals surface area contributed by atoms with Crippen molar-refractivity contribution in [2.24, 2.45) is 0 Å². The number of methoxy groups -OCH3 is 1. The van der Waals surface area contributed by atoms with Gasteiger partial charge in [-0.1, -0.05) is 11.6 Å². The van der Waals surface area contributed by atoms with Gasteiger partial charge in [0.1, 0.15) is 6.54 Å². The topological polar surface area (TPSA) is 43.3 Å². The average Bonchev–Trinajstić information content (AvgIpc) is 2.73. The van der Waals surface area contributed by atoms with Gasteiger partial charge in [0.25, 0.3) is 0 Å². The minimum absolute atomic E-state index is 0.224. The van der Waals surface area contributed by atoms with E-state index in [1.54, 1.807) is 0 Å². The molecule has 0 aliphatic carbocycles. The number of carbonyl (C=O) groups excluding carboxylic acids is 1. The Morgan fingerprint density at radius 1 is 1.42 bits per heavy atom. The van der Waals surface area contributed by atoms with Gasteiger partial charge >= 0.3 is 5.97 Å². The number of nitrogens with one attached hydrogen (secondary N) is 1. The Bertz CT molecular complexity index is 587. The van der Waals surface area contributed by atoms with Gasteiger partial charge in [-0.15, -0.1) is 0 Å². The van der Waals surface area contributed by atoms with Gasteiger partial charge < -0.3 is 14.6 Å². The SMILES string of the molecule is CNCCc1cn(CC(=O)OC)c2ccc(C)cc12. The summed E-state index contributed by atoms with van der Waals surface area (Å²) in [5.41, 5.74) is 3.58. The molecule has 1 N–H and O–H groups in total. The van der Waals surface area contributed by atoms with E-state index < -0.39 is 0 Å². The molecule has 2 rings (SSSR count). The number of benzene rings is 1. The molecule has 0 aliphatic rings. The van der Waals surface area contributed by atoms with Crippen molar-refractivity contribution < 1.29 is 9.53 Å². The number of esters is 1. The van der Waals surface area contributed by atoms with Gasteiger partial charge in [-0.25, -0.2) is 0 Å². The molecule has 0 unspecified atom stereocenters. The van der Waals surface area contributed by atoms with E-state index in [1.165, 1.54) is 23.6 Å². The Kier molecular flexibility index (Phi) is 4.22. The first-order valence-electron chi connectivity index (χ1n) is 6.45. The normalized spacial score (nSPS) is 10.9. The summed E-state index contributed by atoms with van der Waals surface area (Å²) < 4.78 is 6.71. The summed E-state index contributed by atoms with van der Waals surface area (Å²) in [6.45, 7) is 3.26. The van der Waals surface area contributed by atoms with Crippen LogP contribution in [0.5, 0.6) is 0 Å². The van der Waals surface area contributed by atoms with Crippen LogP contribution in [0, 0.1) is 6.92 Å². The number of likely N-dealkylation sites (N-methyl/N-ethyl adjacent to an activating group) is 1. The Balaban J connectivity index is 2.43. The molecule has 0 radical (unpaired) electrons. The van der Waals surface area contributed by atoms with E-state index in [0.717, 1.165) is 18.5 Å². The predicted molar refractivity (Wildman–Crippen MR) is 76.3 cm³/mol. The third kappa shape index (κ3) is 2.96. The molecule has 4 heteroatoms. The summed E-state index contributed by atoms with van der Waals surface area (Å²) in [7, 11) is 3.36. The van der Waals surface area contributed by atoms with Crippen molar-refractivity contribution in [3.63, 3.8) is 0 Å². The van der Waals surface area contributed by atoms with E-state index in [0.29, 0.717) is 0 Å². The van der Waals surface area contributed by atoms with Gasteiger partial charge in [0, 0.05) is 17.1 Å². The molecule has 0 amide bonds. The first kappa shape index (κ1) is 13.6. The van der Waals surface area contributed by atoms with Crippen LogP contribution in [0.4, 0.5) is 0 Å². The van der Waals surface area contributed by atoms with Crippen molar-refractivity contribution in [1.29, 1.82) is 0 Å². The number of fused-ring (bicyclic) bond motifs is 1. The van der Waals surface area contributed by atoms with Crippen LogP contribution in [0.25, 0.3) is 10.9 Å². The molecule has 1 aromatic heterocycles. The van der Waals surface area contributed by atoms with Crippen LogP contribution < -0.4 is 5.32 Å². The molecule has 0 saturated heterocycles. The lowest BCUT2D eigenvalue weighted by molar-refractivity contribution is -0.141. The zero-order valence-electron chi connectivity index (χ0n) is 11.7. The zero-order valence-corrected chi connectivity index (χ0v) is 11.7. The number of carbonyl (C=O) groups is 1. The quantitative estimate of drug-likeness (QED) is 0.835. The smallest absolute Gasteiger partial charge is 0.325 e. The second-order valence-corrected chi connectivity index (χ2v) is 4.73. The fourth-order valence-electron chi connectivity index (χ4n) is 2.28. The molecular formula is C15H20N2O2. The Hall–Kier alpha value is -1.81. The van der Waals surface area contributed by atoms with Gasteiger partial charge in [-0.05, 0) is 44.6 Å². The Morgan fingerprint density at radius 3 is 2.89 bits per heavy atom. The number of rotatable bonds is 5. The lowest BCUT2D eigenvalue weighted by Crippen LogP contribution is -2.11. The highest BCUT2D eigenvalue weighted by molar-refractivity contribution is 5.86. The fourth-order valence-corrected chi connectivity index (χ4v) is 2.28. The van der Waals surface area contributed by atoms with E-state index in [2.05, 4.69) is 36.6 Å². The summed E-state index contributed by atoms with van der Waals surface area (Å²) in [5.74, 6) is -0.224. The maximum atomic E-state index is 11.5. The standard InChI is InChI=1S/C15H20N2O2/c1-11-4-5-14-13(8-11)12(6-7-16-2)9-17(14)10-15(18)19-3/h4-5,8-9,16H,6-7,10H2,1-3H3. The van der Waals surface area contributed by atoms with Crippen molar-refractivity contribution in [2.75, 3.05) is 20.7 Å². The molecule has 1 heterocycles. The van der Waals surface area contributed by atoms with Gasteiger partial charge in [0.15, 0.2) is 0 Å². The van der Waals surface area contributed by atoms with Crippen LogP contribution in [-0.2, 0) is 22.5 Å². The van der Waals surface area contributed by atoms with Crippen molar-refractivity contribution >= 4 is 16.9 Å². The van der Waals surface area contributed by atoms with Gasteiger partial charge in [0.05, 0.1) is 7.11 Å². The lowest BCUT2D eigenvalue weighted by Gasteiger charge is -2.03. The number of ether oxygens (including phenoxy) is 1. The molecule has 0 fully saturated rings. The van der Waals surface area contributed by atoms with E-state index in [4.69, 9.17) is 4.74 Å². The van der Waals surface area contributed by atoms with Crippen molar-refractivity contribution in [2.45, 2.75) is 19.9 Å². The van der Waals surface area contributed by atoms with Crippen molar-refractivity contribution in [1.82, 2.24) is 9.88 Å². The van der Waals surface area contributed by atoms with Crippen LogP contribution in [0.1, 0.15) is 11.1 Å². The highest BCUT2D eigenvalue weighted by Gasteiger charge is 2.11. The summed E-state index contributed by atoms with van der Waals surface area (Å²) in [5, 5.41) is 4.38. The second kappa shape index (κ2) is 5.89. The first-order valence-corrected chi connectivity index (χ1v) is 6.45. The molecule has 102 valence electrons. The van der Waals surface area contributed by atoms with Crippen molar-refractivity contribution in [3.05, 3.63) is 35.5 Å². The minimum atomic E-state index is -0.224. The zero-order chi connectivity index (χ0) is 13.8. The van der Waals surface area contributed by atoms with E-state index >= 15 is 0 Å². The van der Waals surface area contributed by atoms with Crippen LogP contribution in [0.3, 0.4) is 0 Å². The third-order valence-electron chi connectivity index (χ3n) is 3.29. The maximum Gasteiger partial charge on any atom is 0.325 e. The molecule has 0 bridgehead atoms. The summed E-state index contributed by atoms with van der Waals surface area (Å²) in [6, 6.07) is 6.31. The van der Waals surface area contributed by atoms with Crippen molar-refractivity contribution in [3.8, 4) is 0 Å². The van der Waals surface area contributed by atoms with Gasteiger partial charge in [-0.3, -0.25) is 4.79 Å². The largest absolute Gasteiger partial charge is 0.468 e. The lowest BCUT2D eigenvalue weighted by atomic mass is 10.1. The minimum Gasteiger partial charge on any atom is -0.468 e. The molecule has 19 heavy (non-hydrogen) atoms. The van der Waals surface area contributed by atoms with E-state index in [9.17, 15) is 4.79 Å². The number of aromatic nitrogens is 1. The number of aryl methyl sites for hydroxylation is 1. The Labute approximate surface area is 113 Å². The molecule has 0 aliphatic heterocycles. The van der Waals surface area contributed by atoms with E-state index in [1.807, 2.05) is 11.6 Å². The summed E-state index contributed by atoms with van der Waals surface area (Å²) >= 11 is 0. The van der Waals surface area contributed by atoms with Crippen LogP contribution in [-0.4, -0.2) is 31.2 Å². The highest BCUT2D eigenvalue weighted by atomic mass is 16.5. The number of hydrogen-bond donors (Lipinski definition) is 1. The molecule has 0 atom stereocenters. The predicted octanol–water partition coefficient (Wildman–Crippen LogP) is 1.88. The Morgan fingerprint density at radius 2 is 2.21 bits per heavy atom. The summed E-state index contributed by atoms with van der Waals surface area (Å²) in [4.78, 5) is 11.5. The monoisotopic (exact) mass is 260 g/mol. The summed E-state index contributed by atoms with van der Waals surface area (Å²) in [6.07, 6.45) is 3.00. The van der Waals surface area contributed by atoms with Crippen LogP contribution in [0.2, 0.25) is 0 Å². The fraction of sp³-hybridized carbons (Fsp3) is 0.400. The maximum absolute atomic E-state index is 11.5. The third-order valence-corrected chi connectivity index (χ3v) is 3.29. The van der Waals surface area contributed by atoms with Crippen LogP contribution >= 0.6 is 0 Å². The first-order chi connectivity index (χ1) is 9.15. The second-order valence-electron chi connectivity index (χ2n) is 4.73. The molecule has 0 spiro atoms. The average molecular weight is 260 g/mol. The van der Waals surface area contributed by atoms with Crippen LogP contribution in [0.15, 0.2) is 24.4 Å². The van der Waals surface area contributed by atoms with Gasteiger partial charge in [-0.2, -0.15) is 0 Å². The van der Waals surface area contributed by atoms with E-state index in [-0.39, 0.29) is 12.5 Å². The number of hydrogen-bond acceptors (Lipinski definition) is 3. The number of nitrogens with zero attached hydrogens (tertiary/aromatic N) is 1. The highest BCUT2D eigenvalue weighted by Crippen LogP contribution is 2.23. The molecular weight excluding hydrogens is 240 g/mol. The molecule has 1 aromatic carbocycles.